The molecule has 4 heteroatoms. The van der Waals surface area contributed by atoms with Gasteiger partial charge in [-0.1, -0.05) is 57.9 Å². The molecule has 0 bridgehead atoms. The zero-order valence-corrected chi connectivity index (χ0v) is 15.8. The van der Waals surface area contributed by atoms with E-state index in [2.05, 4.69) is 4.74 Å². The van der Waals surface area contributed by atoms with Gasteiger partial charge in [0.15, 0.2) is 0 Å². The molecule has 0 unspecified atom stereocenters. The lowest BCUT2D eigenvalue weighted by molar-refractivity contribution is -0.274. The predicted molar refractivity (Wildman–Crippen MR) is 98.8 cm³/mol. The van der Waals surface area contributed by atoms with E-state index < -0.39 is 6.36 Å². The van der Waals surface area contributed by atoms with Gasteiger partial charge in [-0.2, -0.15) is 0 Å². The normalized spacial score (nSPS) is 20.3. The maximum atomic E-state index is 13.0. The van der Waals surface area contributed by atoms with Gasteiger partial charge >= 0.3 is 6.36 Å². The lowest BCUT2D eigenvalue weighted by Crippen LogP contribution is -2.21. The first-order chi connectivity index (χ1) is 12.5. The first-order valence-electron chi connectivity index (χ1n) is 10.4. The van der Waals surface area contributed by atoms with Crippen LogP contribution in [0.15, 0.2) is 12.1 Å². The predicted octanol–water partition coefficient (Wildman–Crippen LogP) is 7.63. The van der Waals surface area contributed by atoms with Crippen LogP contribution in [0.2, 0.25) is 0 Å². The molecule has 0 N–H and O–H groups in total. The van der Waals surface area contributed by atoms with E-state index in [0.717, 1.165) is 24.8 Å². The molecule has 2 aliphatic rings. The number of hydrogen-bond acceptors (Lipinski definition) is 1. The van der Waals surface area contributed by atoms with Gasteiger partial charge in [0.25, 0.3) is 0 Å². The van der Waals surface area contributed by atoms with Gasteiger partial charge in [0.2, 0.25) is 0 Å². The maximum absolute atomic E-state index is 13.0. The van der Waals surface area contributed by atoms with Gasteiger partial charge in [-0.3, -0.25) is 0 Å². The molecule has 2 fully saturated rings. The average molecular weight is 368 g/mol. The summed E-state index contributed by atoms with van der Waals surface area (Å²) in [6, 6.07) is 3.55. The van der Waals surface area contributed by atoms with E-state index in [1.54, 1.807) is 6.07 Å². The molecule has 1 aromatic carbocycles. The number of halogens is 3. The summed E-state index contributed by atoms with van der Waals surface area (Å²) >= 11 is 0. The van der Waals surface area contributed by atoms with E-state index in [-0.39, 0.29) is 5.75 Å². The summed E-state index contributed by atoms with van der Waals surface area (Å²) in [6.07, 6.45) is 8.79. The van der Waals surface area contributed by atoms with Crippen molar-refractivity contribution in [2.24, 2.45) is 0 Å². The van der Waals surface area contributed by atoms with Crippen LogP contribution in [0.25, 0.3) is 0 Å². The van der Waals surface area contributed by atoms with Crippen LogP contribution in [-0.4, -0.2) is 6.36 Å². The second kappa shape index (κ2) is 8.67. The van der Waals surface area contributed by atoms with E-state index in [1.165, 1.54) is 62.5 Å². The van der Waals surface area contributed by atoms with Crippen LogP contribution >= 0.6 is 0 Å². The molecule has 0 radical (unpaired) electrons. The minimum absolute atomic E-state index is 0.0412. The van der Waals surface area contributed by atoms with Crippen molar-refractivity contribution in [1.82, 2.24) is 0 Å². The fraction of sp³-hybridized carbons (Fsp3) is 0.727. The molecule has 0 aromatic heterocycles. The maximum Gasteiger partial charge on any atom is 0.573 e. The topological polar surface area (TPSA) is 9.23 Å². The molecular formula is C22H31F3O. The number of alkyl halides is 3. The van der Waals surface area contributed by atoms with Gasteiger partial charge in [0, 0.05) is 0 Å². The standard InChI is InChI=1S/C22H31F3O/c1-2-9-19-20(26-22(23,24)25)15-14-18(16-10-5-3-6-11-16)21(19)17-12-7-4-8-13-17/h14-17H,2-13H2,1H3. The Bertz CT molecular complexity index is 582. The largest absolute Gasteiger partial charge is 0.573 e. The van der Waals surface area contributed by atoms with Gasteiger partial charge in [0.1, 0.15) is 5.75 Å². The third kappa shape index (κ3) is 4.75. The molecule has 0 spiro atoms. The summed E-state index contributed by atoms with van der Waals surface area (Å²) in [7, 11) is 0. The van der Waals surface area contributed by atoms with Crippen molar-refractivity contribution in [1.29, 1.82) is 0 Å². The third-order valence-corrected chi connectivity index (χ3v) is 6.13. The SMILES string of the molecule is CCCc1c(OC(F)(F)F)ccc(C2CCCCC2)c1C1CCCCC1. The molecule has 0 heterocycles. The number of ether oxygens (including phenoxy) is 1. The molecule has 1 nitrogen and oxygen atoms in total. The second-order valence-electron chi connectivity index (χ2n) is 8.01. The molecule has 146 valence electrons. The molecule has 0 amide bonds. The Morgan fingerprint density at radius 3 is 2.00 bits per heavy atom. The van der Waals surface area contributed by atoms with Crippen LogP contribution in [0.5, 0.6) is 5.75 Å². The molecule has 1 aromatic rings. The Balaban J connectivity index is 2.06. The Hall–Kier alpha value is -1.19. The smallest absolute Gasteiger partial charge is 0.405 e. The first kappa shape index (κ1) is 19.6. The van der Waals surface area contributed by atoms with E-state index in [9.17, 15) is 13.2 Å². The molecule has 0 atom stereocenters. The Morgan fingerprint density at radius 2 is 1.46 bits per heavy atom. The van der Waals surface area contributed by atoms with Crippen molar-refractivity contribution in [3.63, 3.8) is 0 Å². The summed E-state index contributed by atoms with van der Waals surface area (Å²) in [5, 5.41) is 0. The summed E-state index contributed by atoms with van der Waals surface area (Å²) in [5.41, 5.74) is 3.38. The van der Waals surface area contributed by atoms with Crippen LogP contribution in [0.3, 0.4) is 0 Å². The Kier molecular flexibility index (Phi) is 6.52. The van der Waals surface area contributed by atoms with Crippen molar-refractivity contribution in [3.05, 3.63) is 28.8 Å². The van der Waals surface area contributed by atoms with Crippen molar-refractivity contribution in [2.75, 3.05) is 0 Å². The monoisotopic (exact) mass is 368 g/mol. The van der Waals surface area contributed by atoms with E-state index >= 15 is 0 Å². The quantitative estimate of drug-likeness (QED) is 0.519. The van der Waals surface area contributed by atoms with Gasteiger partial charge in [-0.25, -0.2) is 0 Å². The fourth-order valence-electron chi connectivity index (χ4n) is 5.03. The summed E-state index contributed by atoms with van der Waals surface area (Å²) in [6.45, 7) is 2.04. The molecule has 0 aliphatic heterocycles. The molecular weight excluding hydrogens is 337 g/mol. The van der Waals surface area contributed by atoms with Crippen LogP contribution in [-0.2, 0) is 6.42 Å². The van der Waals surface area contributed by atoms with Crippen LogP contribution < -0.4 is 4.74 Å². The lowest BCUT2D eigenvalue weighted by Gasteiger charge is -2.32. The Morgan fingerprint density at radius 1 is 0.885 bits per heavy atom. The van der Waals surface area contributed by atoms with Gasteiger partial charge in [-0.15, -0.1) is 13.2 Å². The highest BCUT2D eigenvalue weighted by Crippen LogP contribution is 2.45. The van der Waals surface area contributed by atoms with Crippen LogP contribution in [0.4, 0.5) is 13.2 Å². The summed E-state index contributed by atoms with van der Waals surface area (Å²) < 4.78 is 43.4. The van der Waals surface area contributed by atoms with Crippen molar-refractivity contribution in [2.45, 2.75) is 102 Å². The molecule has 3 rings (SSSR count). The zero-order chi connectivity index (χ0) is 18.6. The van der Waals surface area contributed by atoms with E-state index in [4.69, 9.17) is 0 Å². The van der Waals surface area contributed by atoms with Gasteiger partial charge in [0.05, 0.1) is 0 Å². The van der Waals surface area contributed by atoms with E-state index in [1.807, 2.05) is 13.0 Å². The van der Waals surface area contributed by atoms with E-state index in [0.29, 0.717) is 18.3 Å². The van der Waals surface area contributed by atoms with Gasteiger partial charge < -0.3 is 4.74 Å². The highest BCUT2D eigenvalue weighted by atomic mass is 19.4. The molecule has 2 saturated carbocycles. The molecule has 0 saturated heterocycles. The summed E-state index contributed by atoms with van der Waals surface area (Å²) in [4.78, 5) is 0. The van der Waals surface area contributed by atoms with Crippen molar-refractivity contribution >= 4 is 0 Å². The van der Waals surface area contributed by atoms with Crippen molar-refractivity contribution < 1.29 is 17.9 Å². The average Bonchev–Trinajstić information content (AvgIpc) is 2.63. The molecule has 26 heavy (non-hydrogen) atoms. The number of hydrogen-bond donors (Lipinski definition) is 0. The zero-order valence-electron chi connectivity index (χ0n) is 15.8. The molecule has 2 aliphatic carbocycles. The second-order valence-corrected chi connectivity index (χ2v) is 8.01. The summed E-state index contributed by atoms with van der Waals surface area (Å²) in [5.74, 6) is 0.953. The minimum Gasteiger partial charge on any atom is -0.405 e. The van der Waals surface area contributed by atoms with Crippen LogP contribution in [0, 0.1) is 0 Å². The lowest BCUT2D eigenvalue weighted by atomic mass is 9.73. The van der Waals surface area contributed by atoms with Gasteiger partial charge in [-0.05, 0) is 66.7 Å². The Labute approximate surface area is 155 Å². The number of benzene rings is 1. The first-order valence-corrected chi connectivity index (χ1v) is 10.4. The van der Waals surface area contributed by atoms with Crippen molar-refractivity contribution in [3.8, 4) is 5.75 Å². The highest BCUT2D eigenvalue weighted by Gasteiger charge is 2.34. The minimum atomic E-state index is -4.63. The third-order valence-electron chi connectivity index (χ3n) is 6.13. The highest BCUT2D eigenvalue weighted by molar-refractivity contribution is 5.49. The fourth-order valence-corrected chi connectivity index (χ4v) is 5.03. The van der Waals surface area contributed by atoms with Crippen LogP contribution in [0.1, 0.15) is 106 Å². The number of rotatable bonds is 5.